The van der Waals surface area contributed by atoms with Gasteiger partial charge in [0.15, 0.2) is 0 Å². The summed E-state index contributed by atoms with van der Waals surface area (Å²) in [5.74, 6) is -1.04. The number of nitrogens with two attached hydrogens (primary N) is 1. The Bertz CT molecular complexity index is 589. The van der Waals surface area contributed by atoms with Crippen LogP contribution in [0.3, 0.4) is 0 Å². The van der Waals surface area contributed by atoms with E-state index in [1.54, 1.807) is 29.9 Å². The fraction of sp³-hybridized carbons (Fsp3) is 0.100. The van der Waals surface area contributed by atoms with E-state index in [9.17, 15) is 9.59 Å². The Morgan fingerprint density at radius 2 is 2.22 bits per heavy atom. The van der Waals surface area contributed by atoms with Crippen molar-refractivity contribution < 1.29 is 14.8 Å². The SMILES string of the molecule is NC(=O)Cn1ccc(-c2ccc(C(=O)NO)s2)n1. The average molecular weight is 266 g/mol. The highest BCUT2D eigenvalue weighted by Crippen LogP contribution is 2.26. The van der Waals surface area contributed by atoms with Crippen LogP contribution in [-0.4, -0.2) is 26.8 Å². The zero-order chi connectivity index (χ0) is 13.1. The lowest BCUT2D eigenvalue weighted by Crippen LogP contribution is -2.18. The molecule has 7 nitrogen and oxygen atoms in total. The molecule has 2 amide bonds. The molecular formula is C10H10N4O3S. The first kappa shape index (κ1) is 12.3. The Kier molecular flexibility index (Phi) is 3.40. The number of carbonyl (C=O) groups excluding carboxylic acids is 2. The van der Waals surface area contributed by atoms with E-state index in [0.29, 0.717) is 10.6 Å². The number of nitrogens with one attached hydrogen (secondary N) is 1. The van der Waals surface area contributed by atoms with Gasteiger partial charge in [0, 0.05) is 6.20 Å². The maximum atomic E-state index is 11.2. The van der Waals surface area contributed by atoms with Gasteiger partial charge in [0.2, 0.25) is 5.91 Å². The van der Waals surface area contributed by atoms with Crippen molar-refractivity contribution in [1.29, 1.82) is 0 Å². The van der Waals surface area contributed by atoms with Crippen LogP contribution in [0.15, 0.2) is 24.4 Å². The molecule has 2 rings (SSSR count). The van der Waals surface area contributed by atoms with Crippen molar-refractivity contribution in [3.63, 3.8) is 0 Å². The van der Waals surface area contributed by atoms with Crippen LogP contribution in [0, 0.1) is 0 Å². The molecule has 2 aromatic heterocycles. The third-order valence-electron chi connectivity index (χ3n) is 2.14. The highest BCUT2D eigenvalue weighted by Gasteiger charge is 2.11. The van der Waals surface area contributed by atoms with Crippen LogP contribution >= 0.6 is 11.3 Å². The number of hydrogen-bond acceptors (Lipinski definition) is 5. The van der Waals surface area contributed by atoms with Gasteiger partial charge < -0.3 is 5.73 Å². The van der Waals surface area contributed by atoms with Crippen molar-refractivity contribution in [2.24, 2.45) is 5.73 Å². The van der Waals surface area contributed by atoms with Crippen LogP contribution in [0.2, 0.25) is 0 Å². The van der Waals surface area contributed by atoms with Crippen molar-refractivity contribution in [2.75, 3.05) is 0 Å². The van der Waals surface area contributed by atoms with Crippen LogP contribution in [0.25, 0.3) is 10.6 Å². The molecule has 0 spiro atoms. The summed E-state index contributed by atoms with van der Waals surface area (Å²) in [5, 5.41) is 12.7. The van der Waals surface area contributed by atoms with Gasteiger partial charge in [-0.05, 0) is 18.2 Å². The van der Waals surface area contributed by atoms with E-state index in [0.717, 1.165) is 4.88 Å². The minimum atomic E-state index is -0.567. The van der Waals surface area contributed by atoms with Gasteiger partial charge in [0.1, 0.15) is 12.2 Å². The number of hydrogen-bond donors (Lipinski definition) is 3. The highest BCUT2D eigenvalue weighted by molar-refractivity contribution is 7.17. The molecule has 0 aliphatic heterocycles. The summed E-state index contributed by atoms with van der Waals surface area (Å²) in [6, 6.07) is 5.01. The van der Waals surface area contributed by atoms with E-state index >= 15 is 0 Å². The number of thiophene rings is 1. The third-order valence-corrected chi connectivity index (χ3v) is 3.25. The predicted molar refractivity (Wildman–Crippen MR) is 64.0 cm³/mol. The largest absolute Gasteiger partial charge is 0.368 e. The van der Waals surface area contributed by atoms with E-state index in [1.165, 1.54) is 16.0 Å². The fourth-order valence-corrected chi connectivity index (χ4v) is 2.25. The highest BCUT2D eigenvalue weighted by atomic mass is 32.1. The normalized spacial score (nSPS) is 10.3. The van der Waals surface area contributed by atoms with Gasteiger partial charge in [0.25, 0.3) is 5.91 Å². The number of rotatable bonds is 4. The molecule has 0 aliphatic carbocycles. The second-order valence-corrected chi connectivity index (χ2v) is 4.55. The number of nitrogens with zero attached hydrogens (tertiary/aromatic N) is 2. The molecule has 0 aliphatic rings. The van der Waals surface area contributed by atoms with Crippen LogP contribution in [0.5, 0.6) is 0 Å². The molecule has 0 saturated carbocycles. The van der Waals surface area contributed by atoms with Gasteiger partial charge in [-0.15, -0.1) is 11.3 Å². The van der Waals surface area contributed by atoms with Crippen molar-refractivity contribution in [3.8, 4) is 10.6 Å². The van der Waals surface area contributed by atoms with Crippen LogP contribution < -0.4 is 11.2 Å². The average Bonchev–Trinajstić information content (AvgIpc) is 2.95. The van der Waals surface area contributed by atoms with E-state index in [4.69, 9.17) is 10.9 Å². The monoisotopic (exact) mass is 266 g/mol. The molecule has 2 aromatic rings. The minimum Gasteiger partial charge on any atom is -0.368 e. The Labute approximate surface area is 106 Å². The minimum absolute atomic E-state index is 0.00928. The molecule has 0 atom stereocenters. The first-order valence-corrected chi connectivity index (χ1v) is 5.78. The molecule has 0 unspecified atom stereocenters. The van der Waals surface area contributed by atoms with Gasteiger partial charge in [-0.1, -0.05) is 0 Å². The smallest absolute Gasteiger partial charge is 0.284 e. The molecule has 94 valence electrons. The maximum absolute atomic E-state index is 11.2. The summed E-state index contributed by atoms with van der Waals surface area (Å²) in [7, 11) is 0. The second-order valence-electron chi connectivity index (χ2n) is 3.47. The second kappa shape index (κ2) is 4.98. The van der Waals surface area contributed by atoms with Crippen LogP contribution in [0.4, 0.5) is 0 Å². The van der Waals surface area contributed by atoms with Gasteiger partial charge >= 0.3 is 0 Å². The predicted octanol–water partition coefficient (Wildman–Crippen LogP) is 0.216. The van der Waals surface area contributed by atoms with Crippen LogP contribution in [0.1, 0.15) is 9.67 Å². The van der Waals surface area contributed by atoms with Crippen molar-refractivity contribution in [2.45, 2.75) is 6.54 Å². The van der Waals surface area contributed by atoms with Crippen molar-refractivity contribution in [1.82, 2.24) is 15.3 Å². The summed E-state index contributed by atoms with van der Waals surface area (Å²) < 4.78 is 1.42. The summed E-state index contributed by atoms with van der Waals surface area (Å²) in [5.41, 5.74) is 7.26. The summed E-state index contributed by atoms with van der Waals surface area (Å²) in [6.45, 7) is 0.00928. The van der Waals surface area contributed by atoms with E-state index < -0.39 is 11.8 Å². The summed E-state index contributed by atoms with van der Waals surface area (Å²) in [4.78, 5) is 23.0. The lowest BCUT2D eigenvalue weighted by molar-refractivity contribution is -0.118. The van der Waals surface area contributed by atoms with Gasteiger partial charge in [-0.25, -0.2) is 5.48 Å². The quantitative estimate of drug-likeness (QED) is 0.543. The van der Waals surface area contributed by atoms with Gasteiger partial charge in [0.05, 0.1) is 9.75 Å². The molecule has 0 radical (unpaired) electrons. The standard InChI is InChI=1S/C10H10N4O3S/c11-9(15)5-14-4-3-6(12-14)7-1-2-8(18-7)10(16)13-17/h1-4,17H,5H2,(H2,11,15)(H,13,16). The Balaban J connectivity index is 2.21. The zero-order valence-electron chi connectivity index (χ0n) is 9.16. The molecule has 0 fully saturated rings. The first-order chi connectivity index (χ1) is 8.60. The Morgan fingerprint density at radius 3 is 2.89 bits per heavy atom. The van der Waals surface area contributed by atoms with Crippen LogP contribution in [-0.2, 0) is 11.3 Å². The number of hydroxylamine groups is 1. The summed E-state index contributed by atoms with van der Waals surface area (Å²) in [6.07, 6.45) is 1.63. The summed E-state index contributed by atoms with van der Waals surface area (Å²) >= 11 is 1.19. The number of primary amides is 1. The topological polar surface area (TPSA) is 110 Å². The van der Waals surface area contributed by atoms with Crippen molar-refractivity contribution in [3.05, 3.63) is 29.3 Å². The molecule has 8 heteroatoms. The third kappa shape index (κ3) is 2.55. The lowest BCUT2D eigenvalue weighted by Gasteiger charge is -1.95. The molecule has 4 N–H and O–H groups in total. The van der Waals surface area contributed by atoms with E-state index in [1.807, 2.05) is 0 Å². The van der Waals surface area contributed by atoms with E-state index in [-0.39, 0.29) is 6.54 Å². The zero-order valence-corrected chi connectivity index (χ0v) is 9.98. The Hall–Kier alpha value is -2.19. The molecule has 2 heterocycles. The fourth-order valence-electron chi connectivity index (χ4n) is 1.39. The molecule has 18 heavy (non-hydrogen) atoms. The lowest BCUT2D eigenvalue weighted by atomic mass is 10.3. The maximum Gasteiger partial charge on any atom is 0.284 e. The number of aromatic nitrogens is 2. The van der Waals surface area contributed by atoms with Gasteiger partial charge in [-0.3, -0.25) is 19.5 Å². The number of amides is 2. The molecule has 0 saturated heterocycles. The number of carbonyl (C=O) groups is 2. The Morgan fingerprint density at radius 1 is 1.44 bits per heavy atom. The van der Waals surface area contributed by atoms with Gasteiger partial charge in [-0.2, -0.15) is 5.10 Å². The molecule has 0 aromatic carbocycles. The molecular weight excluding hydrogens is 256 g/mol. The van der Waals surface area contributed by atoms with Crippen molar-refractivity contribution >= 4 is 23.2 Å². The van der Waals surface area contributed by atoms with E-state index in [2.05, 4.69) is 5.10 Å². The first-order valence-electron chi connectivity index (χ1n) is 4.96. The molecule has 0 bridgehead atoms.